The Kier molecular flexibility index (Phi) is 3.43. The number of nitriles is 1. The lowest BCUT2D eigenvalue weighted by Crippen LogP contribution is -2.19. The van der Waals surface area contributed by atoms with E-state index in [1.807, 2.05) is 15.8 Å². The average molecular weight is 320 g/mol. The van der Waals surface area contributed by atoms with Gasteiger partial charge in [-0.25, -0.2) is 14.4 Å². The SMILES string of the molecule is N#Cc1nccnc1N1Cc2cn(Cc3ccc(F)cc3)nc2C1. The molecular formula is C17H13FN6. The third-order valence-electron chi connectivity index (χ3n) is 3.97. The van der Waals surface area contributed by atoms with E-state index in [2.05, 4.69) is 21.1 Å². The lowest BCUT2D eigenvalue weighted by molar-refractivity contribution is 0.623. The monoisotopic (exact) mass is 320 g/mol. The molecule has 3 aromatic rings. The van der Waals surface area contributed by atoms with Crippen LogP contribution in [0, 0.1) is 17.1 Å². The first-order chi connectivity index (χ1) is 11.7. The molecule has 0 fully saturated rings. The van der Waals surface area contributed by atoms with Crippen molar-refractivity contribution in [3.05, 3.63) is 71.2 Å². The third kappa shape index (κ3) is 2.58. The van der Waals surface area contributed by atoms with E-state index in [1.165, 1.54) is 18.3 Å². The molecule has 3 heterocycles. The van der Waals surface area contributed by atoms with Crippen LogP contribution < -0.4 is 4.90 Å². The van der Waals surface area contributed by atoms with Gasteiger partial charge in [0.25, 0.3) is 0 Å². The van der Waals surface area contributed by atoms with Crippen LogP contribution in [0.25, 0.3) is 0 Å². The Balaban J connectivity index is 1.52. The molecule has 4 rings (SSSR count). The van der Waals surface area contributed by atoms with Crippen LogP contribution in [-0.2, 0) is 19.6 Å². The number of nitrogens with zero attached hydrogens (tertiary/aromatic N) is 6. The second kappa shape index (κ2) is 5.74. The summed E-state index contributed by atoms with van der Waals surface area (Å²) in [5.74, 6) is 0.345. The maximum atomic E-state index is 13.0. The maximum absolute atomic E-state index is 13.0. The standard InChI is InChI=1S/C17H13FN6/c18-14-3-1-12(2-4-14)8-24-10-13-9-23(11-16(13)22-24)17-15(7-19)20-5-6-21-17/h1-6,10H,8-9,11H2. The molecule has 0 bridgehead atoms. The first kappa shape index (κ1) is 14.3. The number of halogens is 1. The van der Waals surface area contributed by atoms with Crippen molar-refractivity contribution >= 4 is 5.82 Å². The van der Waals surface area contributed by atoms with E-state index in [1.54, 1.807) is 18.3 Å². The van der Waals surface area contributed by atoms with Gasteiger partial charge in [-0.15, -0.1) is 0 Å². The molecule has 1 aliphatic heterocycles. The highest BCUT2D eigenvalue weighted by molar-refractivity contribution is 5.52. The summed E-state index contributed by atoms with van der Waals surface area (Å²) in [6, 6.07) is 8.48. The van der Waals surface area contributed by atoms with Gasteiger partial charge in [0.1, 0.15) is 11.9 Å². The molecule has 1 aromatic carbocycles. The van der Waals surface area contributed by atoms with Gasteiger partial charge in [-0.3, -0.25) is 4.68 Å². The lowest BCUT2D eigenvalue weighted by Gasteiger charge is -2.16. The van der Waals surface area contributed by atoms with Crippen LogP contribution in [0.1, 0.15) is 22.5 Å². The van der Waals surface area contributed by atoms with Crippen molar-refractivity contribution in [3.63, 3.8) is 0 Å². The first-order valence-corrected chi connectivity index (χ1v) is 7.48. The number of benzene rings is 1. The van der Waals surface area contributed by atoms with Crippen LogP contribution in [0.3, 0.4) is 0 Å². The molecule has 0 spiro atoms. The zero-order valence-electron chi connectivity index (χ0n) is 12.7. The molecule has 6 nitrogen and oxygen atoms in total. The maximum Gasteiger partial charge on any atom is 0.183 e. The number of fused-ring (bicyclic) bond motifs is 1. The van der Waals surface area contributed by atoms with Crippen LogP contribution >= 0.6 is 0 Å². The van der Waals surface area contributed by atoms with Crippen molar-refractivity contribution in [1.82, 2.24) is 19.7 Å². The highest BCUT2D eigenvalue weighted by Crippen LogP contribution is 2.27. The van der Waals surface area contributed by atoms with Crippen molar-refractivity contribution in [2.24, 2.45) is 0 Å². The molecule has 1 aliphatic rings. The van der Waals surface area contributed by atoms with E-state index in [-0.39, 0.29) is 5.82 Å². The molecule has 24 heavy (non-hydrogen) atoms. The number of aromatic nitrogens is 4. The van der Waals surface area contributed by atoms with Crippen molar-refractivity contribution in [2.75, 3.05) is 4.90 Å². The van der Waals surface area contributed by atoms with Crippen LogP contribution in [-0.4, -0.2) is 19.7 Å². The summed E-state index contributed by atoms with van der Waals surface area (Å²) in [7, 11) is 0. The van der Waals surface area contributed by atoms with Gasteiger partial charge in [0.15, 0.2) is 11.5 Å². The third-order valence-corrected chi connectivity index (χ3v) is 3.97. The second-order valence-electron chi connectivity index (χ2n) is 5.62. The zero-order valence-corrected chi connectivity index (χ0v) is 12.7. The van der Waals surface area contributed by atoms with Crippen LogP contribution in [0.5, 0.6) is 0 Å². The molecule has 0 amide bonds. The Hall–Kier alpha value is -3.27. The Bertz CT molecular complexity index is 901. The first-order valence-electron chi connectivity index (χ1n) is 7.48. The van der Waals surface area contributed by atoms with Crippen LogP contribution in [0.2, 0.25) is 0 Å². The minimum atomic E-state index is -0.241. The van der Waals surface area contributed by atoms with Crippen molar-refractivity contribution < 1.29 is 4.39 Å². The summed E-state index contributed by atoms with van der Waals surface area (Å²) in [5, 5.41) is 13.7. The molecule has 118 valence electrons. The predicted molar refractivity (Wildman–Crippen MR) is 84.4 cm³/mol. The summed E-state index contributed by atoms with van der Waals surface area (Å²) in [4.78, 5) is 10.3. The lowest BCUT2D eigenvalue weighted by atomic mass is 10.2. The van der Waals surface area contributed by atoms with Crippen molar-refractivity contribution in [3.8, 4) is 6.07 Å². The molecule has 0 aliphatic carbocycles. The fourth-order valence-electron chi connectivity index (χ4n) is 2.86. The van der Waals surface area contributed by atoms with Crippen molar-refractivity contribution in [1.29, 1.82) is 5.26 Å². The summed E-state index contributed by atoms with van der Waals surface area (Å²) in [5.41, 5.74) is 3.38. The van der Waals surface area contributed by atoms with Gasteiger partial charge in [-0.2, -0.15) is 10.4 Å². The van der Waals surface area contributed by atoms with E-state index in [0.717, 1.165) is 16.8 Å². The minimum Gasteiger partial charge on any atom is -0.344 e. The van der Waals surface area contributed by atoms with Crippen LogP contribution in [0.15, 0.2) is 42.9 Å². The minimum absolute atomic E-state index is 0.241. The number of hydrogen-bond acceptors (Lipinski definition) is 5. The van der Waals surface area contributed by atoms with Gasteiger partial charge >= 0.3 is 0 Å². The van der Waals surface area contributed by atoms with Gasteiger partial charge < -0.3 is 4.90 Å². The van der Waals surface area contributed by atoms with Crippen LogP contribution in [0.4, 0.5) is 10.2 Å². The van der Waals surface area contributed by atoms with Crippen molar-refractivity contribution in [2.45, 2.75) is 19.6 Å². The number of anilines is 1. The summed E-state index contributed by atoms with van der Waals surface area (Å²) in [6.45, 7) is 1.84. The summed E-state index contributed by atoms with van der Waals surface area (Å²) in [6.07, 6.45) is 5.09. The summed E-state index contributed by atoms with van der Waals surface area (Å²) >= 11 is 0. The topological polar surface area (TPSA) is 70.6 Å². The number of rotatable bonds is 3. The summed E-state index contributed by atoms with van der Waals surface area (Å²) < 4.78 is 14.8. The molecule has 7 heteroatoms. The van der Waals surface area contributed by atoms with Gasteiger partial charge in [0, 0.05) is 30.7 Å². The highest BCUT2D eigenvalue weighted by Gasteiger charge is 2.25. The smallest absolute Gasteiger partial charge is 0.183 e. The Morgan fingerprint density at radius 2 is 1.92 bits per heavy atom. The van der Waals surface area contributed by atoms with Gasteiger partial charge in [-0.1, -0.05) is 12.1 Å². The molecule has 0 radical (unpaired) electrons. The van der Waals surface area contributed by atoms with E-state index < -0.39 is 0 Å². The van der Waals surface area contributed by atoms with E-state index >= 15 is 0 Å². The largest absolute Gasteiger partial charge is 0.344 e. The van der Waals surface area contributed by atoms with Gasteiger partial charge in [0.05, 0.1) is 18.8 Å². The Morgan fingerprint density at radius 1 is 1.12 bits per heavy atom. The zero-order chi connectivity index (χ0) is 16.5. The van der Waals surface area contributed by atoms with Gasteiger partial charge in [-0.05, 0) is 17.7 Å². The molecule has 0 unspecified atom stereocenters. The molecule has 0 saturated heterocycles. The Morgan fingerprint density at radius 3 is 2.67 bits per heavy atom. The number of hydrogen-bond donors (Lipinski definition) is 0. The van der Waals surface area contributed by atoms with E-state index in [9.17, 15) is 4.39 Å². The normalized spacial score (nSPS) is 12.9. The van der Waals surface area contributed by atoms with E-state index in [4.69, 9.17) is 5.26 Å². The van der Waals surface area contributed by atoms with Gasteiger partial charge in [0.2, 0.25) is 0 Å². The quantitative estimate of drug-likeness (QED) is 0.740. The molecule has 0 atom stereocenters. The molecule has 0 N–H and O–H groups in total. The predicted octanol–water partition coefficient (Wildman–Crippen LogP) is 2.25. The fourth-order valence-corrected chi connectivity index (χ4v) is 2.86. The average Bonchev–Trinajstić information content (AvgIpc) is 3.15. The molecular weight excluding hydrogens is 307 g/mol. The molecule has 0 saturated carbocycles. The molecule has 2 aromatic heterocycles. The Labute approximate surface area is 137 Å². The van der Waals surface area contributed by atoms with E-state index in [0.29, 0.717) is 31.1 Å². The second-order valence-corrected chi connectivity index (χ2v) is 5.62. The fraction of sp³-hybridized carbons (Fsp3) is 0.176. The highest BCUT2D eigenvalue weighted by atomic mass is 19.1.